The van der Waals surface area contributed by atoms with Crippen LogP contribution in [0.25, 0.3) is 0 Å². The van der Waals surface area contributed by atoms with E-state index in [1.54, 1.807) is 0 Å². The Bertz CT molecular complexity index is 374. The first kappa shape index (κ1) is 15.2. The summed E-state index contributed by atoms with van der Waals surface area (Å²) in [4.78, 5) is 0. The Morgan fingerprint density at radius 2 is 1.65 bits per heavy atom. The van der Waals surface area contributed by atoms with Gasteiger partial charge < -0.3 is 14.2 Å². The Balaban J connectivity index is 1.63. The van der Waals surface area contributed by atoms with Crippen LogP contribution in [-0.2, 0) is 4.74 Å². The van der Waals surface area contributed by atoms with Crippen LogP contribution in [0.5, 0.6) is 11.5 Å². The molecule has 0 aromatic heterocycles. The quantitative estimate of drug-likeness (QED) is 0.449. The Kier molecular flexibility index (Phi) is 6.72. The average molecular weight is 278 g/mol. The minimum atomic E-state index is 0.279. The van der Waals surface area contributed by atoms with Gasteiger partial charge in [0.05, 0.1) is 13.2 Å². The zero-order chi connectivity index (χ0) is 14.0. The fraction of sp³-hybridized carbons (Fsp3) is 0.647. The zero-order valence-corrected chi connectivity index (χ0v) is 12.5. The summed E-state index contributed by atoms with van der Waals surface area (Å²) in [5, 5.41) is 0. The molecule has 1 aromatic carbocycles. The normalized spacial score (nSPS) is 16.9. The summed E-state index contributed by atoms with van der Waals surface area (Å²) in [6, 6.07) is 7.89. The minimum Gasteiger partial charge on any atom is -0.490 e. The number of hydrogen-bond donors (Lipinski definition) is 0. The van der Waals surface area contributed by atoms with Gasteiger partial charge in [0.2, 0.25) is 0 Å². The van der Waals surface area contributed by atoms with Gasteiger partial charge >= 0.3 is 0 Å². The molecule has 1 aromatic rings. The van der Waals surface area contributed by atoms with Crippen molar-refractivity contribution in [2.24, 2.45) is 0 Å². The highest BCUT2D eigenvalue weighted by atomic mass is 16.6. The number of rotatable bonds is 11. The highest BCUT2D eigenvalue weighted by molar-refractivity contribution is 5.39. The summed E-state index contributed by atoms with van der Waals surface area (Å²) in [7, 11) is 0. The first-order valence-electron chi connectivity index (χ1n) is 7.86. The second-order valence-electron chi connectivity index (χ2n) is 5.33. The molecule has 20 heavy (non-hydrogen) atoms. The van der Waals surface area contributed by atoms with Gasteiger partial charge in [0.1, 0.15) is 12.7 Å². The average Bonchev–Trinajstić information content (AvgIpc) is 3.29. The molecule has 1 atom stereocenters. The summed E-state index contributed by atoms with van der Waals surface area (Å²) >= 11 is 0. The van der Waals surface area contributed by atoms with Crippen LogP contribution in [-0.4, -0.2) is 25.9 Å². The van der Waals surface area contributed by atoms with Gasteiger partial charge in [-0.15, -0.1) is 0 Å². The Hall–Kier alpha value is -1.22. The van der Waals surface area contributed by atoms with Crippen LogP contribution in [0.15, 0.2) is 24.3 Å². The van der Waals surface area contributed by atoms with Crippen molar-refractivity contribution in [1.29, 1.82) is 0 Å². The van der Waals surface area contributed by atoms with Gasteiger partial charge in [-0.2, -0.15) is 0 Å². The Morgan fingerprint density at radius 3 is 2.35 bits per heavy atom. The molecular weight excluding hydrogens is 252 g/mol. The molecule has 0 N–H and O–H groups in total. The Morgan fingerprint density at radius 1 is 1.00 bits per heavy atom. The highest BCUT2D eigenvalue weighted by Crippen LogP contribution is 2.27. The molecule has 0 amide bonds. The molecule has 1 saturated heterocycles. The number of ether oxygens (including phenoxy) is 3. The van der Waals surface area contributed by atoms with Gasteiger partial charge in [-0.1, -0.05) is 51.2 Å². The largest absolute Gasteiger partial charge is 0.490 e. The van der Waals surface area contributed by atoms with E-state index in [0.29, 0.717) is 6.61 Å². The molecular formula is C17H26O3. The molecule has 0 saturated carbocycles. The summed E-state index contributed by atoms with van der Waals surface area (Å²) in [5.41, 5.74) is 0. The molecule has 3 nitrogen and oxygen atoms in total. The van der Waals surface area contributed by atoms with Crippen molar-refractivity contribution in [2.75, 3.05) is 19.8 Å². The van der Waals surface area contributed by atoms with E-state index >= 15 is 0 Å². The maximum absolute atomic E-state index is 5.83. The minimum absolute atomic E-state index is 0.279. The first-order chi connectivity index (χ1) is 9.90. The summed E-state index contributed by atoms with van der Waals surface area (Å²) < 4.78 is 16.7. The second kappa shape index (κ2) is 8.85. The van der Waals surface area contributed by atoms with Crippen LogP contribution in [0.1, 0.15) is 45.4 Å². The van der Waals surface area contributed by atoms with Crippen molar-refractivity contribution in [3.63, 3.8) is 0 Å². The fourth-order valence-corrected chi connectivity index (χ4v) is 2.10. The van der Waals surface area contributed by atoms with Crippen molar-refractivity contribution in [1.82, 2.24) is 0 Å². The van der Waals surface area contributed by atoms with Crippen molar-refractivity contribution in [3.8, 4) is 11.5 Å². The third kappa shape index (κ3) is 5.83. The van der Waals surface area contributed by atoms with Gasteiger partial charge in [-0.3, -0.25) is 0 Å². The maximum atomic E-state index is 5.83. The number of para-hydroxylation sites is 2. The molecule has 1 aliphatic rings. The zero-order valence-electron chi connectivity index (χ0n) is 12.5. The number of unbranched alkanes of at least 4 members (excludes halogenated alkanes) is 5. The van der Waals surface area contributed by atoms with Crippen LogP contribution in [0, 0.1) is 0 Å². The van der Waals surface area contributed by atoms with Crippen LogP contribution < -0.4 is 9.47 Å². The molecule has 1 unspecified atom stereocenters. The van der Waals surface area contributed by atoms with E-state index < -0.39 is 0 Å². The molecule has 112 valence electrons. The molecule has 0 radical (unpaired) electrons. The first-order valence-corrected chi connectivity index (χ1v) is 7.86. The van der Waals surface area contributed by atoms with Gasteiger partial charge in [0.25, 0.3) is 0 Å². The van der Waals surface area contributed by atoms with Crippen molar-refractivity contribution < 1.29 is 14.2 Å². The van der Waals surface area contributed by atoms with Crippen LogP contribution in [0.2, 0.25) is 0 Å². The van der Waals surface area contributed by atoms with Crippen molar-refractivity contribution in [2.45, 2.75) is 51.6 Å². The van der Waals surface area contributed by atoms with Gasteiger partial charge in [-0.25, -0.2) is 0 Å². The smallest absolute Gasteiger partial charge is 0.161 e. The van der Waals surface area contributed by atoms with Crippen LogP contribution >= 0.6 is 0 Å². The van der Waals surface area contributed by atoms with Crippen molar-refractivity contribution in [3.05, 3.63) is 24.3 Å². The van der Waals surface area contributed by atoms with E-state index in [0.717, 1.165) is 31.1 Å². The van der Waals surface area contributed by atoms with Gasteiger partial charge in [0.15, 0.2) is 11.5 Å². The van der Waals surface area contributed by atoms with Crippen LogP contribution in [0.4, 0.5) is 0 Å². The standard InChI is InChI=1S/C17H26O3/c1-2-3-4-5-6-9-12-18-16-10-7-8-11-17(16)20-14-15-13-19-15/h7-8,10-11,15H,2-6,9,12-14H2,1H3. The van der Waals surface area contributed by atoms with Gasteiger partial charge in [-0.05, 0) is 18.6 Å². The van der Waals surface area contributed by atoms with E-state index in [1.807, 2.05) is 24.3 Å². The molecule has 0 aliphatic carbocycles. The molecule has 0 spiro atoms. The predicted molar refractivity (Wildman–Crippen MR) is 80.5 cm³/mol. The number of hydrogen-bond acceptors (Lipinski definition) is 3. The predicted octanol–water partition coefficient (Wildman–Crippen LogP) is 4.20. The van der Waals surface area contributed by atoms with E-state index in [9.17, 15) is 0 Å². The number of epoxide rings is 1. The Labute approximate surface area is 122 Å². The summed E-state index contributed by atoms with van der Waals surface area (Å²) in [6.07, 6.45) is 7.95. The molecule has 1 fully saturated rings. The second-order valence-corrected chi connectivity index (χ2v) is 5.33. The van der Waals surface area contributed by atoms with E-state index in [-0.39, 0.29) is 6.10 Å². The van der Waals surface area contributed by atoms with Crippen molar-refractivity contribution >= 4 is 0 Å². The lowest BCUT2D eigenvalue weighted by atomic mass is 10.1. The molecule has 0 bridgehead atoms. The molecule has 2 rings (SSSR count). The highest BCUT2D eigenvalue weighted by Gasteiger charge is 2.23. The third-order valence-corrected chi connectivity index (χ3v) is 3.43. The van der Waals surface area contributed by atoms with E-state index in [2.05, 4.69) is 6.92 Å². The SMILES string of the molecule is CCCCCCCCOc1ccccc1OCC1CO1. The molecule has 1 aliphatic heterocycles. The summed E-state index contributed by atoms with van der Waals surface area (Å²) in [5.74, 6) is 1.68. The number of benzene rings is 1. The van der Waals surface area contributed by atoms with E-state index in [4.69, 9.17) is 14.2 Å². The fourth-order valence-electron chi connectivity index (χ4n) is 2.10. The van der Waals surface area contributed by atoms with E-state index in [1.165, 1.54) is 32.1 Å². The topological polar surface area (TPSA) is 31.0 Å². The molecule has 1 heterocycles. The van der Waals surface area contributed by atoms with Crippen LogP contribution in [0.3, 0.4) is 0 Å². The van der Waals surface area contributed by atoms with Gasteiger partial charge in [0, 0.05) is 0 Å². The third-order valence-electron chi connectivity index (χ3n) is 3.43. The lowest BCUT2D eigenvalue weighted by Crippen LogP contribution is -2.06. The lowest BCUT2D eigenvalue weighted by molar-refractivity contribution is 0.239. The molecule has 3 heteroatoms. The summed E-state index contributed by atoms with van der Waals surface area (Å²) in [6.45, 7) is 4.46. The lowest BCUT2D eigenvalue weighted by Gasteiger charge is -2.11. The monoisotopic (exact) mass is 278 g/mol. The maximum Gasteiger partial charge on any atom is 0.161 e.